The van der Waals surface area contributed by atoms with E-state index in [0.717, 1.165) is 11.5 Å². The van der Waals surface area contributed by atoms with Crippen molar-refractivity contribution in [1.82, 2.24) is 9.97 Å². The van der Waals surface area contributed by atoms with Crippen molar-refractivity contribution < 1.29 is 8.42 Å². The van der Waals surface area contributed by atoms with Gasteiger partial charge in [0, 0.05) is 36.6 Å². The van der Waals surface area contributed by atoms with Crippen LogP contribution in [0.15, 0.2) is 59.5 Å². The molecule has 0 atom stereocenters. The molecule has 1 heterocycles. The van der Waals surface area contributed by atoms with Crippen LogP contribution in [0.4, 0.5) is 23.0 Å². The summed E-state index contributed by atoms with van der Waals surface area (Å²) < 4.78 is 27.4. The lowest BCUT2D eigenvalue weighted by atomic mass is 10.3. The summed E-state index contributed by atoms with van der Waals surface area (Å²) in [7, 11) is 0.142. The maximum Gasteiger partial charge on any atom is 0.261 e. The van der Waals surface area contributed by atoms with E-state index in [2.05, 4.69) is 20.0 Å². The number of sulfonamides is 1. The summed E-state index contributed by atoms with van der Waals surface area (Å²) in [4.78, 5) is 10.8. The second kappa shape index (κ2) is 8.04. The van der Waals surface area contributed by atoms with Crippen molar-refractivity contribution >= 4 is 44.6 Å². The first-order chi connectivity index (χ1) is 13.2. The van der Waals surface area contributed by atoms with E-state index in [1.165, 1.54) is 24.3 Å². The SMILES string of the molecule is Cc1nc(Nc2ccc(NS(=O)(=O)c3ccc(Cl)cc3)cc2)cc(N(C)C)n1. The molecule has 0 saturated heterocycles. The average Bonchev–Trinajstić information content (AvgIpc) is 2.63. The predicted octanol–water partition coefficient (Wildman–Crippen LogP) is 4.05. The van der Waals surface area contributed by atoms with Gasteiger partial charge in [-0.3, -0.25) is 4.72 Å². The molecule has 0 bridgehead atoms. The summed E-state index contributed by atoms with van der Waals surface area (Å²) in [5, 5.41) is 3.68. The third kappa shape index (κ3) is 4.90. The van der Waals surface area contributed by atoms with Gasteiger partial charge in [-0.2, -0.15) is 0 Å². The number of aryl methyl sites for hydroxylation is 1. The van der Waals surface area contributed by atoms with Crippen LogP contribution in [0, 0.1) is 6.92 Å². The maximum absolute atomic E-state index is 12.4. The van der Waals surface area contributed by atoms with Crippen molar-refractivity contribution in [2.24, 2.45) is 0 Å². The molecule has 0 saturated carbocycles. The minimum atomic E-state index is -3.68. The molecule has 0 unspecified atom stereocenters. The molecule has 2 N–H and O–H groups in total. The van der Waals surface area contributed by atoms with E-state index in [0.29, 0.717) is 22.4 Å². The van der Waals surface area contributed by atoms with Gasteiger partial charge in [0.25, 0.3) is 10.0 Å². The van der Waals surface area contributed by atoms with Crippen LogP contribution in [-0.2, 0) is 10.0 Å². The molecule has 0 aliphatic rings. The zero-order valence-corrected chi connectivity index (χ0v) is 17.2. The molecule has 0 fully saturated rings. The van der Waals surface area contributed by atoms with E-state index in [-0.39, 0.29) is 4.90 Å². The van der Waals surface area contributed by atoms with Gasteiger partial charge < -0.3 is 10.2 Å². The number of nitrogens with one attached hydrogen (secondary N) is 2. The third-order valence-electron chi connectivity index (χ3n) is 3.82. The second-order valence-electron chi connectivity index (χ2n) is 6.31. The Balaban J connectivity index is 1.74. The summed E-state index contributed by atoms with van der Waals surface area (Å²) in [6.07, 6.45) is 0. The van der Waals surface area contributed by atoms with Crippen LogP contribution in [0.5, 0.6) is 0 Å². The van der Waals surface area contributed by atoms with Crippen molar-refractivity contribution in [3.8, 4) is 0 Å². The topological polar surface area (TPSA) is 87.2 Å². The molecule has 2 aromatic carbocycles. The summed E-state index contributed by atoms with van der Waals surface area (Å²) >= 11 is 5.81. The normalized spacial score (nSPS) is 11.1. The fourth-order valence-electron chi connectivity index (χ4n) is 2.44. The Morgan fingerprint density at radius 3 is 2.14 bits per heavy atom. The second-order valence-corrected chi connectivity index (χ2v) is 8.43. The molecule has 3 rings (SSSR count). The van der Waals surface area contributed by atoms with Crippen LogP contribution >= 0.6 is 11.6 Å². The van der Waals surface area contributed by atoms with E-state index in [1.807, 2.05) is 32.0 Å². The minimum absolute atomic E-state index is 0.145. The Morgan fingerprint density at radius 2 is 1.54 bits per heavy atom. The molecule has 28 heavy (non-hydrogen) atoms. The van der Waals surface area contributed by atoms with E-state index >= 15 is 0 Å². The predicted molar refractivity (Wildman–Crippen MR) is 113 cm³/mol. The Morgan fingerprint density at radius 1 is 0.929 bits per heavy atom. The first-order valence-electron chi connectivity index (χ1n) is 8.41. The van der Waals surface area contributed by atoms with Gasteiger partial charge in [0.2, 0.25) is 0 Å². The Hall–Kier alpha value is -2.84. The number of aromatic nitrogens is 2. The largest absolute Gasteiger partial charge is 0.363 e. The van der Waals surface area contributed by atoms with E-state index in [9.17, 15) is 8.42 Å². The molecular formula is C19H20ClN5O2S. The summed E-state index contributed by atoms with van der Waals surface area (Å²) in [5.74, 6) is 2.11. The highest BCUT2D eigenvalue weighted by Gasteiger charge is 2.14. The monoisotopic (exact) mass is 417 g/mol. The van der Waals surface area contributed by atoms with Gasteiger partial charge in [-0.15, -0.1) is 0 Å². The van der Waals surface area contributed by atoms with Crippen LogP contribution in [0.2, 0.25) is 5.02 Å². The molecule has 0 amide bonds. The van der Waals surface area contributed by atoms with Gasteiger partial charge in [0.05, 0.1) is 4.90 Å². The number of hydrogen-bond donors (Lipinski definition) is 2. The Labute approximate surface area is 169 Å². The standard InChI is InChI=1S/C19H20ClN5O2S/c1-13-21-18(12-19(22-13)25(2)3)23-15-6-8-16(9-7-15)24-28(26,27)17-10-4-14(20)5-11-17/h4-12,24H,1-3H3,(H,21,22,23). The summed E-state index contributed by atoms with van der Waals surface area (Å²) in [6, 6.07) is 14.7. The van der Waals surface area contributed by atoms with Crippen molar-refractivity contribution in [3.05, 3.63) is 65.4 Å². The molecule has 0 aliphatic heterocycles. The third-order valence-corrected chi connectivity index (χ3v) is 5.47. The number of nitrogens with zero attached hydrogens (tertiary/aromatic N) is 3. The summed E-state index contributed by atoms with van der Waals surface area (Å²) in [5.41, 5.74) is 1.23. The first kappa shape index (κ1) is 19.9. The van der Waals surface area contributed by atoms with Gasteiger partial charge in [-0.1, -0.05) is 11.6 Å². The van der Waals surface area contributed by atoms with Crippen LogP contribution in [0.1, 0.15) is 5.82 Å². The molecule has 7 nitrogen and oxygen atoms in total. The van der Waals surface area contributed by atoms with Gasteiger partial charge >= 0.3 is 0 Å². The van der Waals surface area contributed by atoms with Crippen LogP contribution in [-0.4, -0.2) is 32.5 Å². The first-order valence-corrected chi connectivity index (χ1v) is 10.3. The lowest BCUT2D eigenvalue weighted by Crippen LogP contribution is -2.13. The number of benzene rings is 2. The molecule has 1 aromatic heterocycles. The number of rotatable bonds is 6. The zero-order chi connectivity index (χ0) is 20.3. The zero-order valence-electron chi connectivity index (χ0n) is 15.6. The number of halogens is 1. The lowest BCUT2D eigenvalue weighted by Gasteiger charge is -2.14. The number of hydrogen-bond acceptors (Lipinski definition) is 6. The number of anilines is 4. The summed E-state index contributed by atoms with van der Waals surface area (Å²) in [6.45, 7) is 1.83. The molecular weight excluding hydrogens is 398 g/mol. The van der Waals surface area contributed by atoms with Gasteiger partial charge in [0.15, 0.2) is 0 Å². The molecule has 0 spiro atoms. The van der Waals surface area contributed by atoms with Crippen LogP contribution < -0.4 is 14.9 Å². The highest BCUT2D eigenvalue weighted by Crippen LogP contribution is 2.22. The van der Waals surface area contributed by atoms with E-state index < -0.39 is 10.0 Å². The van der Waals surface area contributed by atoms with Crippen molar-refractivity contribution in [3.63, 3.8) is 0 Å². The Kier molecular flexibility index (Phi) is 5.71. The lowest BCUT2D eigenvalue weighted by molar-refractivity contribution is 0.601. The van der Waals surface area contributed by atoms with Gasteiger partial charge in [-0.05, 0) is 55.5 Å². The fourth-order valence-corrected chi connectivity index (χ4v) is 3.63. The van der Waals surface area contributed by atoms with Gasteiger partial charge in [0.1, 0.15) is 17.5 Å². The van der Waals surface area contributed by atoms with Gasteiger partial charge in [-0.25, -0.2) is 18.4 Å². The molecule has 3 aromatic rings. The quantitative estimate of drug-likeness (QED) is 0.629. The Bertz CT molecular complexity index is 1070. The van der Waals surface area contributed by atoms with Crippen molar-refractivity contribution in [1.29, 1.82) is 0 Å². The van der Waals surface area contributed by atoms with Crippen molar-refractivity contribution in [2.45, 2.75) is 11.8 Å². The minimum Gasteiger partial charge on any atom is -0.363 e. The van der Waals surface area contributed by atoms with E-state index in [1.54, 1.807) is 24.3 Å². The molecule has 0 aliphatic carbocycles. The maximum atomic E-state index is 12.4. The van der Waals surface area contributed by atoms with Crippen LogP contribution in [0.25, 0.3) is 0 Å². The molecule has 146 valence electrons. The van der Waals surface area contributed by atoms with E-state index in [4.69, 9.17) is 11.6 Å². The highest BCUT2D eigenvalue weighted by molar-refractivity contribution is 7.92. The highest BCUT2D eigenvalue weighted by atomic mass is 35.5. The molecule has 0 radical (unpaired) electrons. The average molecular weight is 418 g/mol. The molecule has 9 heteroatoms. The fraction of sp³-hybridized carbons (Fsp3) is 0.158. The van der Waals surface area contributed by atoms with Crippen molar-refractivity contribution in [2.75, 3.05) is 29.0 Å². The smallest absolute Gasteiger partial charge is 0.261 e. The van der Waals surface area contributed by atoms with Crippen LogP contribution in [0.3, 0.4) is 0 Å².